The Kier molecular flexibility index (Phi) is 30.4. The molecule has 47 heavy (non-hydrogen) atoms. The lowest BCUT2D eigenvalue weighted by molar-refractivity contribution is -0.870. The number of ether oxygens (including phenoxy) is 2. The molecule has 0 aliphatic heterocycles. The van der Waals surface area contributed by atoms with Crippen LogP contribution in [-0.4, -0.2) is 74.9 Å². The van der Waals surface area contributed by atoms with Crippen LogP contribution in [0.25, 0.3) is 0 Å². The molecule has 280 valence electrons. The molecular formula is C37H75NO8P+. The van der Waals surface area contributed by atoms with Gasteiger partial charge in [-0.15, -0.1) is 0 Å². The quantitative estimate of drug-likeness (QED) is 0.0303. The van der Waals surface area contributed by atoms with Crippen LogP contribution >= 0.6 is 7.82 Å². The fourth-order valence-corrected chi connectivity index (χ4v) is 6.09. The molecule has 0 spiro atoms. The summed E-state index contributed by atoms with van der Waals surface area (Å²) in [6, 6.07) is 0. The zero-order chi connectivity index (χ0) is 35.1. The van der Waals surface area contributed by atoms with Gasteiger partial charge in [-0.2, -0.15) is 0 Å². The van der Waals surface area contributed by atoms with Gasteiger partial charge in [0, 0.05) is 12.8 Å². The molecule has 0 fully saturated rings. The van der Waals surface area contributed by atoms with E-state index in [1.807, 2.05) is 28.1 Å². The van der Waals surface area contributed by atoms with Crippen molar-refractivity contribution >= 4 is 19.8 Å². The number of esters is 2. The van der Waals surface area contributed by atoms with Crippen LogP contribution in [0.3, 0.4) is 0 Å². The Morgan fingerprint density at radius 1 is 0.574 bits per heavy atom. The second-order valence-electron chi connectivity index (χ2n) is 14.3. The van der Waals surface area contributed by atoms with E-state index in [1.165, 1.54) is 122 Å². The van der Waals surface area contributed by atoms with E-state index in [0.717, 1.165) is 19.3 Å². The van der Waals surface area contributed by atoms with Crippen molar-refractivity contribution in [2.24, 2.45) is 0 Å². The molecule has 0 saturated carbocycles. The van der Waals surface area contributed by atoms with Crippen LogP contribution in [-0.2, 0) is 32.7 Å². The van der Waals surface area contributed by atoms with E-state index in [2.05, 4.69) is 6.92 Å². The van der Waals surface area contributed by atoms with Gasteiger partial charge in [-0.3, -0.25) is 18.6 Å². The molecule has 10 heteroatoms. The van der Waals surface area contributed by atoms with E-state index < -0.39 is 26.5 Å². The van der Waals surface area contributed by atoms with Gasteiger partial charge < -0.3 is 18.9 Å². The average Bonchev–Trinajstić information content (AvgIpc) is 3.00. The summed E-state index contributed by atoms with van der Waals surface area (Å²) in [7, 11) is 1.48. The predicted molar refractivity (Wildman–Crippen MR) is 192 cm³/mol. The summed E-state index contributed by atoms with van der Waals surface area (Å²) < 4.78 is 33.5. The van der Waals surface area contributed by atoms with Gasteiger partial charge in [0.25, 0.3) is 0 Å². The van der Waals surface area contributed by atoms with Crippen LogP contribution in [0, 0.1) is 0 Å². The van der Waals surface area contributed by atoms with Crippen LogP contribution in [0.1, 0.15) is 174 Å². The van der Waals surface area contributed by atoms with Crippen molar-refractivity contribution in [3.8, 4) is 0 Å². The fraction of sp³-hybridized carbons (Fsp3) is 0.946. The Balaban J connectivity index is 3.81. The SMILES string of the molecule is CCCCCCCCCCCCCCCCCCCCCCCCC(=O)OC[C@H](COP(=O)(O)OCC[N+](C)(C)C)OC(=O)CCC. The van der Waals surface area contributed by atoms with Crippen LogP contribution in [0.5, 0.6) is 0 Å². The van der Waals surface area contributed by atoms with Gasteiger partial charge in [0.2, 0.25) is 0 Å². The predicted octanol–water partition coefficient (Wildman–Crippen LogP) is 10.1. The molecule has 0 radical (unpaired) electrons. The third kappa shape index (κ3) is 34.7. The van der Waals surface area contributed by atoms with E-state index in [0.29, 0.717) is 23.9 Å². The van der Waals surface area contributed by atoms with Crippen LogP contribution in [0.2, 0.25) is 0 Å². The van der Waals surface area contributed by atoms with Crippen LogP contribution in [0.4, 0.5) is 0 Å². The van der Waals surface area contributed by atoms with Crippen molar-refractivity contribution in [1.29, 1.82) is 0 Å². The number of hydrogen-bond acceptors (Lipinski definition) is 7. The monoisotopic (exact) mass is 693 g/mol. The first-order valence-corrected chi connectivity index (χ1v) is 20.8. The minimum absolute atomic E-state index is 0.0338. The van der Waals surface area contributed by atoms with Crippen LogP contribution in [0.15, 0.2) is 0 Å². The van der Waals surface area contributed by atoms with Crippen LogP contribution < -0.4 is 0 Å². The highest BCUT2D eigenvalue weighted by molar-refractivity contribution is 7.47. The molecule has 0 aliphatic carbocycles. The van der Waals surface area contributed by atoms with Gasteiger partial charge in [-0.25, -0.2) is 4.57 Å². The average molecular weight is 693 g/mol. The second-order valence-corrected chi connectivity index (χ2v) is 15.8. The molecule has 0 amide bonds. The van der Waals surface area contributed by atoms with Crippen molar-refractivity contribution in [2.45, 2.75) is 180 Å². The zero-order valence-corrected chi connectivity index (χ0v) is 32.2. The summed E-state index contributed by atoms with van der Waals surface area (Å²) in [5, 5.41) is 0. The minimum Gasteiger partial charge on any atom is -0.462 e. The Labute approximate surface area is 289 Å². The molecule has 0 aromatic rings. The number of rotatable bonds is 35. The molecule has 0 aliphatic rings. The number of carbonyl (C=O) groups excluding carboxylic acids is 2. The third-order valence-corrected chi connectivity index (χ3v) is 9.34. The molecule has 0 aromatic carbocycles. The van der Waals surface area contributed by atoms with Gasteiger partial charge in [0.15, 0.2) is 6.10 Å². The first-order valence-electron chi connectivity index (χ1n) is 19.3. The summed E-state index contributed by atoms with van der Waals surface area (Å²) >= 11 is 0. The lowest BCUT2D eigenvalue weighted by atomic mass is 10.0. The Morgan fingerprint density at radius 2 is 1.00 bits per heavy atom. The van der Waals surface area contributed by atoms with Gasteiger partial charge in [0.05, 0.1) is 27.7 Å². The van der Waals surface area contributed by atoms with Crippen molar-refractivity contribution in [3.05, 3.63) is 0 Å². The second kappa shape index (κ2) is 31.0. The van der Waals surface area contributed by atoms with E-state index in [-0.39, 0.29) is 25.6 Å². The molecule has 1 N–H and O–H groups in total. The number of unbranched alkanes of at least 4 members (excludes halogenated alkanes) is 21. The normalized spacial score (nSPS) is 13.7. The maximum absolute atomic E-state index is 12.3. The number of carbonyl (C=O) groups is 2. The highest BCUT2D eigenvalue weighted by Gasteiger charge is 2.26. The van der Waals surface area contributed by atoms with Gasteiger partial charge >= 0.3 is 19.8 Å². The maximum atomic E-state index is 12.3. The van der Waals surface area contributed by atoms with Gasteiger partial charge in [0.1, 0.15) is 19.8 Å². The number of hydrogen-bond donors (Lipinski definition) is 1. The molecule has 0 bridgehead atoms. The zero-order valence-electron chi connectivity index (χ0n) is 31.3. The summed E-state index contributed by atoms with van der Waals surface area (Å²) in [5.41, 5.74) is 0. The largest absolute Gasteiger partial charge is 0.472 e. The molecular weight excluding hydrogens is 617 g/mol. The lowest BCUT2D eigenvalue weighted by Crippen LogP contribution is -2.37. The molecule has 1 unspecified atom stereocenters. The van der Waals surface area contributed by atoms with E-state index in [4.69, 9.17) is 18.5 Å². The topological polar surface area (TPSA) is 108 Å². The molecule has 2 atom stereocenters. The highest BCUT2D eigenvalue weighted by Crippen LogP contribution is 2.43. The minimum atomic E-state index is -4.33. The first-order chi connectivity index (χ1) is 22.5. The van der Waals surface area contributed by atoms with Gasteiger partial charge in [-0.05, 0) is 12.8 Å². The first kappa shape index (κ1) is 46.0. The summed E-state index contributed by atoms with van der Waals surface area (Å²) in [6.45, 7) is 4.04. The number of nitrogens with zero attached hydrogens (tertiary/aromatic N) is 1. The van der Waals surface area contributed by atoms with E-state index in [1.54, 1.807) is 0 Å². The standard InChI is InChI=1S/C37H74NO8P/c1-6-8-9-10-11-12-13-14-15-16-17-18-19-20-21-22-23-24-25-26-27-28-30-36(39)43-33-35(46-37(40)29-7-2)34-45-47(41,42)44-32-31-38(3,4)5/h35H,6-34H2,1-5H3/p+1/t35-/m1/s1. The number of phosphoric ester groups is 1. The fourth-order valence-electron chi connectivity index (χ4n) is 5.35. The molecule has 0 aromatic heterocycles. The summed E-state index contributed by atoms with van der Waals surface area (Å²) in [4.78, 5) is 34.2. The Hall–Kier alpha value is -0.990. The third-order valence-electron chi connectivity index (χ3n) is 8.36. The Bertz CT molecular complexity index is 789. The molecule has 0 saturated heterocycles. The maximum Gasteiger partial charge on any atom is 0.472 e. The molecule has 0 heterocycles. The van der Waals surface area contributed by atoms with E-state index >= 15 is 0 Å². The van der Waals surface area contributed by atoms with Crippen molar-refractivity contribution < 1.29 is 42.1 Å². The summed E-state index contributed by atoms with van der Waals surface area (Å²) in [6.07, 6.45) is 29.1. The molecule has 0 rings (SSSR count). The number of likely N-dealkylation sites (N-methyl/N-ethyl adjacent to an activating group) is 1. The lowest BCUT2D eigenvalue weighted by Gasteiger charge is -2.24. The van der Waals surface area contributed by atoms with Crippen molar-refractivity contribution in [3.63, 3.8) is 0 Å². The number of phosphoric acid groups is 1. The Morgan fingerprint density at radius 3 is 1.40 bits per heavy atom. The molecule has 9 nitrogen and oxygen atoms in total. The van der Waals surface area contributed by atoms with Crippen molar-refractivity contribution in [1.82, 2.24) is 0 Å². The van der Waals surface area contributed by atoms with E-state index in [9.17, 15) is 19.0 Å². The highest BCUT2D eigenvalue weighted by atomic mass is 31.2. The van der Waals surface area contributed by atoms with Crippen molar-refractivity contribution in [2.75, 3.05) is 47.5 Å². The summed E-state index contributed by atoms with van der Waals surface area (Å²) in [5.74, 6) is -0.850. The van der Waals surface area contributed by atoms with Gasteiger partial charge in [-0.1, -0.05) is 149 Å². The smallest absolute Gasteiger partial charge is 0.462 e. The number of quaternary nitrogens is 1.